The summed E-state index contributed by atoms with van der Waals surface area (Å²) >= 11 is 1.29. The van der Waals surface area contributed by atoms with E-state index in [1.807, 2.05) is 37.3 Å². The summed E-state index contributed by atoms with van der Waals surface area (Å²) in [6.45, 7) is 1.84. The lowest BCUT2D eigenvalue weighted by Gasteiger charge is -2.05. The molecule has 0 atom stereocenters. The molecule has 0 fully saturated rings. The van der Waals surface area contributed by atoms with E-state index < -0.39 is 5.91 Å². The van der Waals surface area contributed by atoms with Crippen molar-refractivity contribution in [2.75, 3.05) is 5.32 Å². The summed E-state index contributed by atoms with van der Waals surface area (Å²) in [7, 11) is 0. The summed E-state index contributed by atoms with van der Waals surface area (Å²) < 4.78 is 1.72. The summed E-state index contributed by atoms with van der Waals surface area (Å²) in [5.41, 5.74) is 9.00. The van der Waals surface area contributed by atoms with Crippen LogP contribution in [0.2, 0.25) is 0 Å². The Morgan fingerprint density at radius 2 is 2.04 bits per heavy atom. The smallest absolute Gasteiger partial charge is 0.265 e. The normalized spacial score (nSPS) is 10.8. The van der Waals surface area contributed by atoms with Crippen molar-refractivity contribution in [2.24, 2.45) is 5.73 Å². The number of aromatic amines is 1. The zero-order chi connectivity index (χ0) is 19.7. The first-order valence-corrected chi connectivity index (χ1v) is 9.26. The van der Waals surface area contributed by atoms with Crippen LogP contribution in [-0.4, -0.2) is 31.6 Å². The molecule has 0 aliphatic carbocycles. The largest absolute Gasteiger partial charge is 0.364 e. The number of thiazole rings is 1. The molecule has 0 saturated carbocycles. The van der Waals surface area contributed by atoms with E-state index in [0.29, 0.717) is 22.1 Å². The number of primary amides is 1. The first-order valence-electron chi connectivity index (χ1n) is 8.38. The number of nitrogens with two attached hydrogens (primary N) is 1. The Hall–Kier alpha value is -3.72. The number of hydrogen-bond acceptors (Lipinski definition) is 5. The van der Waals surface area contributed by atoms with Crippen LogP contribution < -0.4 is 11.1 Å². The van der Waals surface area contributed by atoms with Gasteiger partial charge in [0.1, 0.15) is 5.69 Å². The van der Waals surface area contributed by atoms with Gasteiger partial charge in [-0.25, -0.2) is 9.67 Å². The average molecular weight is 392 g/mol. The van der Waals surface area contributed by atoms with Gasteiger partial charge >= 0.3 is 0 Å². The third kappa shape index (κ3) is 3.30. The van der Waals surface area contributed by atoms with Gasteiger partial charge in [-0.05, 0) is 25.1 Å². The number of aromatic nitrogens is 4. The van der Waals surface area contributed by atoms with Gasteiger partial charge in [0.05, 0.1) is 28.8 Å². The van der Waals surface area contributed by atoms with E-state index in [1.165, 1.54) is 17.5 Å². The van der Waals surface area contributed by atoms with Gasteiger partial charge in [0.2, 0.25) is 0 Å². The lowest BCUT2D eigenvalue weighted by molar-refractivity contribution is 0.0993. The minimum Gasteiger partial charge on any atom is -0.364 e. The van der Waals surface area contributed by atoms with Gasteiger partial charge in [-0.2, -0.15) is 5.10 Å². The van der Waals surface area contributed by atoms with E-state index in [-0.39, 0.29) is 5.91 Å². The predicted molar refractivity (Wildman–Crippen MR) is 107 cm³/mol. The van der Waals surface area contributed by atoms with E-state index in [4.69, 9.17) is 5.73 Å². The first kappa shape index (κ1) is 17.7. The fourth-order valence-electron chi connectivity index (χ4n) is 2.77. The number of benzene rings is 1. The number of amides is 2. The molecule has 0 aliphatic heterocycles. The lowest BCUT2D eigenvalue weighted by Crippen LogP contribution is -2.13. The molecule has 4 N–H and O–H groups in total. The standard InChI is InChI=1S/C19H16N6O2S/c1-11-14(9-22-25(11)13-5-3-2-4-6-13)18(27)24-19-23-16(10-28-19)12-7-15(17(20)26)21-8-12/h2-10,21H,1H3,(H2,20,26)(H,23,24,27). The molecule has 1 aromatic carbocycles. The highest BCUT2D eigenvalue weighted by molar-refractivity contribution is 7.14. The summed E-state index contributed by atoms with van der Waals surface area (Å²) in [5, 5.41) is 9.36. The Kier molecular flexibility index (Phi) is 4.50. The van der Waals surface area contributed by atoms with Crippen molar-refractivity contribution in [1.29, 1.82) is 0 Å². The molecule has 3 aromatic heterocycles. The second-order valence-corrected chi connectivity index (χ2v) is 6.91. The molecule has 0 saturated heterocycles. The van der Waals surface area contributed by atoms with Gasteiger partial charge in [-0.3, -0.25) is 14.9 Å². The van der Waals surface area contributed by atoms with E-state index in [9.17, 15) is 9.59 Å². The molecular formula is C19H16N6O2S. The van der Waals surface area contributed by atoms with Crippen LogP contribution in [0.3, 0.4) is 0 Å². The summed E-state index contributed by atoms with van der Waals surface area (Å²) in [6, 6.07) is 11.2. The second-order valence-electron chi connectivity index (χ2n) is 6.05. The zero-order valence-corrected chi connectivity index (χ0v) is 15.7. The van der Waals surface area contributed by atoms with E-state index in [2.05, 4.69) is 20.4 Å². The van der Waals surface area contributed by atoms with Crippen LogP contribution >= 0.6 is 11.3 Å². The van der Waals surface area contributed by atoms with Crippen molar-refractivity contribution in [3.63, 3.8) is 0 Å². The van der Waals surface area contributed by atoms with Crippen LogP contribution in [0.25, 0.3) is 16.9 Å². The molecule has 2 amide bonds. The van der Waals surface area contributed by atoms with E-state index in [0.717, 1.165) is 16.9 Å². The maximum atomic E-state index is 12.7. The first-order chi connectivity index (χ1) is 13.5. The van der Waals surface area contributed by atoms with Crippen LogP contribution in [0.1, 0.15) is 26.5 Å². The minimum atomic E-state index is -0.541. The quantitative estimate of drug-likeness (QED) is 0.484. The van der Waals surface area contributed by atoms with Crippen LogP contribution in [0, 0.1) is 6.92 Å². The maximum absolute atomic E-state index is 12.7. The number of hydrogen-bond donors (Lipinski definition) is 3. The van der Waals surface area contributed by atoms with Crippen molar-refractivity contribution in [3.8, 4) is 16.9 Å². The van der Waals surface area contributed by atoms with Crippen LogP contribution in [-0.2, 0) is 0 Å². The number of nitrogens with one attached hydrogen (secondary N) is 2. The van der Waals surface area contributed by atoms with Crippen LogP contribution in [0.15, 0.2) is 54.2 Å². The van der Waals surface area contributed by atoms with Crippen LogP contribution in [0.5, 0.6) is 0 Å². The number of H-pyrrole nitrogens is 1. The van der Waals surface area contributed by atoms with Gasteiger partial charge in [0.25, 0.3) is 11.8 Å². The Morgan fingerprint density at radius 3 is 2.75 bits per heavy atom. The summed E-state index contributed by atoms with van der Waals surface area (Å²) in [6.07, 6.45) is 3.19. The molecule has 4 aromatic rings. The number of anilines is 1. The molecular weight excluding hydrogens is 376 g/mol. The monoisotopic (exact) mass is 392 g/mol. The third-order valence-corrected chi connectivity index (χ3v) is 4.98. The molecule has 8 nitrogen and oxygen atoms in total. The third-order valence-electron chi connectivity index (χ3n) is 4.22. The van der Waals surface area contributed by atoms with Gasteiger partial charge in [-0.1, -0.05) is 18.2 Å². The molecule has 0 spiro atoms. The number of carbonyl (C=O) groups excluding carboxylic acids is 2. The number of nitrogens with zero attached hydrogens (tertiary/aromatic N) is 3. The average Bonchev–Trinajstić information content (AvgIpc) is 3.41. The van der Waals surface area contributed by atoms with Crippen LogP contribution in [0.4, 0.5) is 5.13 Å². The summed E-state index contributed by atoms with van der Waals surface area (Å²) in [4.78, 5) is 31.0. The number of rotatable bonds is 5. The number of carbonyl (C=O) groups is 2. The highest BCUT2D eigenvalue weighted by Crippen LogP contribution is 2.26. The van der Waals surface area contributed by atoms with Gasteiger partial charge in [0, 0.05) is 17.1 Å². The molecule has 0 bridgehead atoms. The molecule has 0 aliphatic rings. The molecule has 0 unspecified atom stereocenters. The zero-order valence-electron chi connectivity index (χ0n) is 14.8. The fraction of sp³-hybridized carbons (Fsp3) is 0.0526. The van der Waals surface area contributed by atoms with E-state index in [1.54, 1.807) is 22.3 Å². The molecule has 140 valence electrons. The minimum absolute atomic E-state index is 0.285. The second kappa shape index (κ2) is 7.12. The highest BCUT2D eigenvalue weighted by atomic mass is 32.1. The van der Waals surface area contributed by atoms with E-state index >= 15 is 0 Å². The summed E-state index contributed by atoms with van der Waals surface area (Å²) in [5.74, 6) is -0.826. The van der Waals surface area contributed by atoms with Crippen molar-refractivity contribution in [2.45, 2.75) is 6.92 Å². The van der Waals surface area contributed by atoms with Crippen molar-refractivity contribution >= 4 is 28.3 Å². The Morgan fingerprint density at radius 1 is 1.25 bits per heavy atom. The van der Waals surface area contributed by atoms with Crippen molar-refractivity contribution < 1.29 is 9.59 Å². The Bertz CT molecular complexity index is 1160. The van der Waals surface area contributed by atoms with Crippen molar-refractivity contribution in [1.82, 2.24) is 19.7 Å². The van der Waals surface area contributed by atoms with Gasteiger partial charge < -0.3 is 10.7 Å². The Balaban J connectivity index is 1.52. The maximum Gasteiger partial charge on any atom is 0.265 e. The molecule has 0 radical (unpaired) electrons. The van der Waals surface area contributed by atoms with Crippen molar-refractivity contribution in [3.05, 3.63) is 71.1 Å². The number of para-hydroxylation sites is 1. The molecule has 9 heteroatoms. The fourth-order valence-corrected chi connectivity index (χ4v) is 3.49. The highest BCUT2D eigenvalue weighted by Gasteiger charge is 2.17. The molecule has 28 heavy (non-hydrogen) atoms. The lowest BCUT2D eigenvalue weighted by atomic mass is 10.2. The predicted octanol–water partition coefficient (Wildman–Crippen LogP) is 2.98. The SMILES string of the molecule is Cc1c(C(=O)Nc2nc(-c3c[nH]c(C(N)=O)c3)cs2)cnn1-c1ccccc1. The molecule has 3 heterocycles. The Labute approximate surface area is 164 Å². The topological polar surface area (TPSA) is 119 Å². The molecule has 4 rings (SSSR count). The van der Waals surface area contributed by atoms with Gasteiger partial charge in [-0.15, -0.1) is 11.3 Å². The van der Waals surface area contributed by atoms with Gasteiger partial charge in [0.15, 0.2) is 5.13 Å².